The van der Waals surface area contributed by atoms with Gasteiger partial charge in [-0.2, -0.15) is 13.2 Å². The SMILES string of the molecule is O=C(CC1CCS(=O)(=O)C1)Nc1ccccc1C(=O)NCC(F)(F)F. The molecule has 2 rings (SSSR count). The first-order chi connectivity index (χ1) is 11.6. The van der Waals surface area contributed by atoms with Crippen LogP contribution in [0, 0.1) is 5.92 Å². The zero-order valence-corrected chi connectivity index (χ0v) is 13.9. The molecule has 1 heterocycles. The Morgan fingerprint density at radius 1 is 1.20 bits per heavy atom. The van der Waals surface area contributed by atoms with Crippen molar-refractivity contribution in [3.63, 3.8) is 0 Å². The molecule has 6 nitrogen and oxygen atoms in total. The van der Waals surface area contributed by atoms with Gasteiger partial charge in [-0.15, -0.1) is 0 Å². The number of halogens is 3. The summed E-state index contributed by atoms with van der Waals surface area (Å²) in [5.41, 5.74) is -0.0211. The Bertz CT molecular complexity index is 762. The van der Waals surface area contributed by atoms with Gasteiger partial charge in [0.05, 0.1) is 22.8 Å². The van der Waals surface area contributed by atoms with Crippen molar-refractivity contribution in [2.45, 2.75) is 19.0 Å². The number of hydrogen-bond donors (Lipinski definition) is 2. The molecule has 2 amide bonds. The summed E-state index contributed by atoms with van der Waals surface area (Å²) in [5.74, 6) is -1.76. The maximum Gasteiger partial charge on any atom is 0.405 e. The molecule has 1 atom stereocenters. The second kappa shape index (κ2) is 7.42. The van der Waals surface area contributed by atoms with Crippen molar-refractivity contribution in [3.05, 3.63) is 29.8 Å². The molecule has 1 saturated heterocycles. The average Bonchev–Trinajstić information content (AvgIpc) is 2.83. The lowest BCUT2D eigenvalue weighted by Gasteiger charge is -2.13. The molecule has 2 N–H and O–H groups in total. The first-order valence-electron chi connectivity index (χ1n) is 7.50. The molecule has 0 saturated carbocycles. The van der Waals surface area contributed by atoms with Crippen LogP contribution >= 0.6 is 0 Å². The smallest absolute Gasteiger partial charge is 0.343 e. The summed E-state index contributed by atoms with van der Waals surface area (Å²) in [6, 6.07) is 5.67. The molecule has 1 aromatic carbocycles. The van der Waals surface area contributed by atoms with Crippen molar-refractivity contribution in [2.75, 3.05) is 23.4 Å². The summed E-state index contributed by atoms with van der Waals surface area (Å²) in [4.78, 5) is 23.9. The Morgan fingerprint density at radius 2 is 1.88 bits per heavy atom. The van der Waals surface area contributed by atoms with Crippen LogP contribution in [0.5, 0.6) is 0 Å². The van der Waals surface area contributed by atoms with Crippen molar-refractivity contribution in [3.8, 4) is 0 Å². The predicted octanol–water partition coefficient (Wildman–Crippen LogP) is 1.74. The van der Waals surface area contributed by atoms with Crippen molar-refractivity contribution >= 4 is 27.3 Å². The minimum absolute atomic E-state index is 0.0300. The van der Waals surface area contributed by atoms with Gasteiger partial charge in [0.25, 0.3) is 5.91 Å². The van der Waals surface area contributed by atoms with Gasteiger partial charge in [0, 0.05) is 6.42 Å². The minimum atomic E-state index is -4.54. The quantitative estimate of drug-likeness (QED) is 0.816. The normalized spacial score (nSPS) is 19.4. The number of hydrogen-bond acceptors (Lipinski definition) is 4. The zero-order chi connectivity index (χ0) is 18.7. The van der Waals surface area contributed by atoms with Crippen molar-refractivity contribution in [1.82, 2.24) is 5.32 Å². The summed E-state index contributed by atoms with van der Waals surface area (Å²) < 4.78 is 59.4. The number of amides is 2. The third-order valence-corrected chi connectivity index (χ3v) is 5.53. The van der Waals surface area contributed by atoms with Crippen LogP contribution in [-0.2, 0) is 14.6 Å². The van der Waals surface area contributed by atoms with Crippen molar-refractivity contribution in [1.29, 1.82) is 0 Å². The highest BCUT2D eigenvalue weighted by atomic mass is 32.2. The standard InChI is InChI=1S/C15H17F3N2O4S/c16-15(17,18)9-19-14(22)11-3-1-2-4-12(11)20-13(21)7-10-5-6-25(23,24)8-10/h1-4,10H,5-9H2,(H,19,22)(H,20,21). The van der Waals surface area contributed by atoms with E-state index >= 15 is 0 Å². The monoisotopic (exact) mass is 378 g/mol. The van der Waals surface area contributed by atoms with Crippen molar-refractivity contribution < 1.29 is 31.2 Å². The largest absolute Gasteiger partial charge is 0.405 e. The van der Waals surface area contributed by atoms with Crippen molar-refractivity contribution in [2.24, 2.45) is 5.92 Å². The van der Waals surface area contributed by atoms with Crippen LogP contribution in [0.4, 0.5) is 18.9 Å². The lowest BCUT2D eigenvalue weighted by Crippen LogP contribution is -2.34. The van der Waals surface area contributed by atoms with Gasteiger partial charge in [0.15, 0.2) is 9.84 Å². The number of rotatable bonds is 5. The Morgan fingerprint density at radius 3 is 2.48 bits per heavy atom. The minimum Gasteiger partial charge on any atom is -0.343 e. The topological polar surface area (TPSA) is 92.3 Å². The number of sulfone groups is 1. The number of carbonyl (C=O) groups is 2. The van der Waals surface area contributed by atoms with Crippen LogP contribution < -0.4 is 10.6 Å². The van der Waals surface area contributed by atoms with Gasteiger partial charge >= 0.3 is 6.18 Å². The van der Waals surface area contributed by atoms with Gasteiger partial charge in [0.2, 0.25) is 5.91 Å². The molecule has 0 bridgehead atoms. The maximum atomic E-state index is 12.2. The third kappa shape index (κ3) is 6.04. The van der Waals surface area contributed by atoms with E-state index in [0.717, 1.165) is 0 Å². The number of alkyl halides is 3. The van der Waals surface area contributed by atoms with Crippen LogP contribution in [0.3, 0.4) is 0 Å². The number of nitrogens with one attached hydrogen (secondary N) is 2. The van der Waals surface area contributed by atoms with Gasteiger partial charge in [-0.1, -0.05) is 12.1 Å². The number of benzene rings is 1. The fraction of sp³-hybridized carbons (Fsp3) is 0.467. The number of carbonyl (C=O) groups excluding carboxylic acids is 2. The first kappa shape index (κ1) is 19.2. The molecule has 1 fully saturated rings. The van der Waals surface area contributed by atoms with Crippen LogP contribution in [0.25, 0.3) is 0 Å². The second-order valence-electron chi connectivity index (χ2n) is 5.86. The Kier molecular flexibility index (Phi) is 5.71. The van der Waals surface area contributed by atoms with E-state index in [0.29, 0.717) is 6.42 Å². The Balaban J connectivity index is 2.00. The molecule has 1 unspecified atom stereocenters. The van der Waals surface area contributed by atoms with E-state index in [1.54, 1.807) is 5.32 Å². The van der Waals surface area contributed by atoms with E-state index in [-0.39, 0.29) is 35.1 Å². The molecule has 25 heavy (non-hydrogen) atoms. The highest BCUT2D eigenvalue weighted by molar-refractivity contribution is 7.91. The zero-order valence-electron chi connectivity index (χ0n) is 13.1. The van der Waals surface area contributed by atoms with Crippen LogP contribution in [0.15, 0.2) is 24.3 Å². The van der Waals surface area contributed by atoms with Crippen LogP contribution in [0.2, 0.25) is 0 Å². The molecule has 1 aliphatic heterocycles. The summed E-state index contributed by atoms with van der Waals surface area (Å²) >= 11 is 0. The van der Waals surface area contributed by atoms with E-state index in [2.05, 4.69) is 5.32 Å². The molecule has 1 aliphatic rings. The molecule has 0 radical (unpaired) electrons. The lowest BCUT2D eigenvalue weighted by molar-refractivity contribution is -0.123. The van der Waals surface area contributed by atoms with E-state index < -0.39 is 34.4 Å². The summed E-state index contributed by atoms with van der Waals surface area (Å²) in [7, 11) is -3.11. The highest BCUT2D eigenvalue weighted by Crippen LogP contribution is 2.23. The fourth-order valence-corrected chi connectivity index (χ4v) is 4.42. The van der Waals surface area contributed by atoms with Gasteiger partial charge in [-0.05, 0) is 24.5 Å². The maximum absolute atomic E-state index is 12.2. The van der Waals surface area contributed by atoms with E-state index in [4.69, 9.17) is 0 Å². The van der Waals surface area contributed by atoms with Gasteiger partial charge in [-0.25, -0.2) is 8.42 Å². The van der Waals surface area contributed by atoms with Gasteiger partial charge < -0.3 is 10.6 Å². The molecule has 10 heteroatoms. The fourth-order valence-electron chi connectivity index (χ4n) is 2.56. The van der Waals surface area contributed by atoms with E-state index in [9.17, 15) is 31.2 Å². The lowest BCUT2D eigenvalue weighted by atomic mass is 10.0. The highest BCUT2D eigenvalue weighted by Gasteiger charge is 2.30. The molecule has 0 aliphatic carbocycles. The summed E-state index contributed by atoms with van der Waals surface area (Å²) in [6.07, 6.45) is -4.18. The first-order valence-corrected chi connectivity index (χ1v) is 9.32. The van der Waals surface area contributed by atoms with Gasteiger partial charge in [-0.3, -0.25) is 9.59 Å². The molecular weight excluding hydrogens is 361 g/mol. The Labute approximate surface area is 142 Å². The van der Waals surface area contributed by atoms with E-state index in [1.165, 1.54) is 24.3 Å². The Hall–Kier alpha value is -2.10. The number of para-hydroxylation sites is 1. The predicted molar refractivity (Wildman–Crippen MR) is 84.8 cm³/mol. The second-order valence-corrected chi connectivity index (χ2v) is 8.09. The van der Waals surface area contributed by atoms with E-state index in [1.807, 2.05) is 0 Å². The summed E-state index contributed by atoms with van der Waals surface area (Å²) in [5, 5.41) is 4.21. The third-order valence-electron chi connectivity index (χ3n) is 3.70. The van der Waals surface area contributed by atoms with Gasteiger partial charge in [0.1, 0.15) is 6.54 Å². The molecule has 0 spiro atoms. The average molecular weight is 378 g/mol. The van der Waals surface area contributed by atoms with Crippen LogP contribution in [-0.4, -0.2) is 44.5 Å². The molecule has 0 aromatic heterocycles. The molecule has 138 valence electrons. The molecular formula is C15H17F3N2O4S. The molecule has 1 aromatic rings. The van der Waals surface area contributed by atoms with Crippen LogP contribution in [0.1, 0.15) is 23.2 Å². The number of anilines is 1. The summed E-state index contributed by atoms with van der Waals surface area (Å²) in [6.45, 7) is -1.48.